The first-order valence-electron chi connectivity index (χ1n) is 8.37. The molecule has 0 saturated heterocycles. The van der Waals surface area contributed by atoms with Crippen molar-refractivity contribution in [2.24, 2.45) is 5.92 Å². The number of anilines is 1. The third kappa shape index (κ3) is 5.27. The summed E-state index contributed by atoms with van der Waals surface area (Å²) >= 11 is 0. The van der Waals surface area contributed by atoms with Crippen LogP contribution in [0.5, 0.6) is 5.75 Å². The smallest absolute Gasteiger partial charge is 0.241 e. The minimum absolute atomic E-state index is 0.0141. The molecule has 0 bridgehead atoms. The standard InChI is InChI=1S/C19H23FN2O4S/c1-12(2)19(14-5-7-15(20)8-6-14)22-27(24,25)16-9-10-18(26-4)17(11-16)21-13(3)23/h5-12,19,22H,1-4H3,(H,21,23)/t19-/m0/s1. The summed E-state index contributed by atoms with van der Waals surface area (Å²) in [5, 5.41) is 2.55. The van der Waals surface area contributed by atoms with Crippen LogP contribution in [0, 0.1) is 11.7 Å². The number of ether oxygens (including phenoxy) is 1. The van der Waals surface area contributed by atoms with Crippen LogP contribution < -0.4 is 14.8 Å². The maximum absolute atomic E-state index is 13.2. The number of nitrogens with one attached hydrogen (secondary N) is 2. The Balaban J connectivity index is 2.38. The van der Waals surface area contributed by atoms with Gasteiger partial charge in [0.15, 0.2) is 0 Å². The highest BCUT2D eigenvalue weighted by Crippen LogP contribution is 2.29. The van der Waals surface area contributed by atoms with Crippen molar-refractivity contribution in [1.82, 2.24) is 4.72 Å². The molecule has 8 heteroatoms. The van der Waals surface area contributed by atoms with E-state index < -0.39 is 16.1 Å². The van der Waals surface area contributed by atoms with E-state index in [-0.39, 0.29) is 28.2 Å². The van der Waals surface area contributed by atoms with E-state index in [9.17, 15) is 17.6 Å². The Kier molecular flexibility index (Phi) is 6.56. The highest BCUT2D eigenvalue weighted by Gasteiger charge is 2.25. The molecule has 0 aliphatic carbocycles. The number of halogens is 1. The molecule has 27 heavy (non-hydrogen) atoms. The molecule has 2 N–H and O–H groups in total. The molecule has 0 heterocycles. The van der Waals surface area contributed by atoms with Gasteiger partial charge in [0, 0.05) is 13.0 Å². The molecule has 1 amide bonds. The summed E-state index contributed by atoms with van der Waals surface area (Å²) in [6.07, 6.45) is 0. The topological polar surface area (TPSA) is 84.5 Å². The van der Waals surface area contributed by atoms with Crippen molar-refractivity contribution in [2.45, 2.75) is 31.7 Å². The Labute approximate surface area is 158 Å². The Morgan fingerprint density at radius 1 is 1.11 bits per heavy atom. The summed E-state index contributed by atoms with van der Waals surface area (Å²) in [5.41, 5.74) is 0.918. The minimum atomic E-state index is -3.90. The molecule has 2 rings (SSSR count). The molecule has 6 nitrogen and oxygen atoms in total. The van der Waals surface area contributed by atoms with Gasteiger partial charge in [0.05, 0.1) is 17.7 Å². The van der Waals surface area contributed by atoms with Crippen molar-refractivity contribution in [3.05, 3.63) is 53.8 Å². The van der Waals surface area contributed by atoms with E-state index >= 15 is 0 Å². The third-order valence-electron chi connectivity index (χ3n) is 3.97. The largest absolute Gasteiger partial charge is 0.495 e. The van der Waals surface area contributed by atoms with E-state index in [1.165, 1.54) is 44.4 Å². The fourth-order valence-corrected chi connectivity index (χ4v) is 4.03. The average molecular weight is 394 g/mol. The van der Waals surface area contributed by atoms with Crippen molar-refractivity contribution in [1.29, 1.82) is 0 Å². The number of amides is 1. The fourth-order valence-electron chi connectivity index (χ4n) is 2.64. The number of hydrogen-bond acceptors (Lipinski definition) is 4. The number of carbonyl (C=O) groups is 1. The van der Waals surface area contributed by atoms with Crippen molar-refractivity contribution < 1.29 is 22.3 Å². The average Bonchev–Trinajstić information content (AvgIpc) is 2.60. The van der Waals surface area contributed by atoms with Crippen molar-refractivity contribution in [3.8, 4) is 5.75 Å². The van der Waals surface area contributed by atoms with Gasteiger partial charge in [-0.05, 0) is 41.8 Å². The van der Waals surface area contributed by atoms with Gasteiger partial charge in [-0.2, -0.15) is 0 Å². The van der Waals surface area contributed by atoms with Crippen molar-refractivity contribution in [3.63, 3.8) is 0 Å². The molecule has 0 aliphatic heterocycles. The lowest BCUT2D eigenvalue weighted by Gasteiger charge is -2.23. The van der Waals surface area contributed by atoms with E-state index in [0.717, 1.165) is 0 Å². The fraction of sp³-hybridized carbons (Fsp3) is 0.316. The van der Waals surface area contributed by atoms with Gasteiger partial charge in [0.25, 0.3) is 0 Å². The number of methoxy groups -OCH3 is 1. The van der Waals surface area contributed by atoms with E-state index in [2.05, 4.69) is 10.0 Å². The molecule has 0 fully saturated rings. The molecule has 2 aromatic rings. The first-order chi connectivity index (χ1) is 12.6. The summed E-state index contributed by atoms with van der Waals surface area (Å²) in [6, 6.07) is 9.37. The number of hydrogen-bond donors (Lipinski definition) is 2. The van der Waals surface area contributed by atoms with E-state index in [1.54, 1.807) is 12.1 Å². The zero-order valence-electron chi connectivity index (χ0n) is 15.6. The molecule has 0 aromatic heterocycles. The number of sulfonamides is 1. The molecule has 146 valence electrons. The van der Waals surface area contributed by atoms with Crippen LogP contribution in [-0.2, 0) is 14.8 Å². The van der Waals surface area contributed by atoms with Gasteiger partial charge in [0.1, 0.15) is 11.6 Å². The number of rotatable bonds is 7. The SMILES string of the molecule is COc1ccc(S(=O)(=O)N[C@H](c2ccc(F)cc2)C(C)C)cc1NC(C)=O. The summed E-state index contributed by atoms with van der Waals surface area (Å²) in [4.78, 5) is 11.3. The lowest BCUT2D eigenvalue weighted by Crippen LogP contribution is -2.32. The Morgan fingerprint density at radius 2 is 1.74 bits per heavy atom. The van der Waals surface area contributed by atoms with Crippen LogP contribution in [0.3, 0.4) is 0 Å². The first-order valence-corrected chi connectivity index (χ1v) is 9.86. The first kappa shape index (κ1) is 20.9. The van der Waals surface area contributed by atoms with E-state index in [4.69, 9.17) is 4.74 Å². The van der Waals surface area contributed by atoms with Gasteiger partial charge in [-0.1, -0.05) is 26.0 Å². The number of benzene rings is 2. The van der Waals surface area contributed by atoms with Crippen molar-refractivity contribution >= 4 is 21.6 Å². The highest BCUT2D eigenvalue weighted by atomic mass is 32.2. The zero-order valence-corrected chi connectivity index (χ0v) is 16.4. The molecule has 1 atom stereocenters. The molecule has 0 radical (unpaired) electrons. The van der Waals surface area contributed by atoms with Crippen LogP contribution in [-0.4, -0.2) is 21.4 Å². The van der Waals surface area contributed by atoms with Gasteiger partial charge in [0.2, 0.25) is 15.9 Å². The van der Waals surface area contributed by atoms with Crippen LogP contribution in [0.2, 0.25) is 0 Å². The summed E-state index contributed by atoms with van der Waals surface area (Å²) < 4.78 is 46.8. The second kappa shape index (κ2) is 8.49. The molecular formula is C19H23FN2O4S. The number of carbonyl (C=O) groups excluding carboxylic acids is 1. The van der Waals surface area contributed by atoms with Crippen LogP contribution >= 0.6 is 0 Å². The van der Waals surface area contributed by atoms with Crippen LogP contribution in [0.1, 0.15) is 32.4 Å². The minimum Gasteiger partial charge on any atom is -0.495 e. The zero-order chi connectivity index (χ0) is 20.2. The Morgan fingerprint density at radius 3 is 2.26 bits per heavy atom. The molecular weight excluding hydrogens is 371 g/mol. The van der Waals surface area contributed by atoms with E-state index in [0.29, 0.717) is 11.3 Å². The third-order valence-corrected chi connectivity index (χ3v) is 5.41. The van der Waals surface area contributed by atoms with Crippen molar-refractivity contribution in [2.75, 3.05) is 12.4 Å². The second-order valence-electron chi connectivity index (χ2n) is 6.44. The second-order valence-corrected chi connectivity index (χ2v) is 8.15. The van der Waals surface area contributed by atoms with Crippen LogP contribution in [0.15, 0.2) is 47.4 Å². The molecule has 0 aliphatic rings. The maximum atomic E-state index is 13.2. The Bertz CT molecular complexity index is 912. The maximum Gasteiger partial charge on any atom is 0.241 e. The van der Waals surface area contributed by atoms with Gasteiger partial charge >= 0.3 is 0 Å². The van der Waals surface area contributed by atoms with Gasteiger partial charge in [-0.3, -0.25) is 4.79 Å². The lowest BCUT2D eigenvalue weighted by molar-refractivity contribution is -0.114. The van der Waals surface area contributed by atoms with Crippen LogP contribution in [0.25, 0.3) is 0 Å². The summed E-state index contributed by atoms with van der Waals surface area (Å²) in [6.45, 7) is 5.06. The van der Waals surface area contributed by atoms with Gasteiger partial charge in [-0.25, -0.2) is 17.5 Å². The summed E-state index contributed by atoms with van der Waals surface area (Å²) in [5.74, 6) is -0.456. The predicted molar refractivity (Wildman–Crippen MR) is 102 cm³/mol. The molecule has 0 unspecified atom stereocenters. The molecule has 2 aromatic carbocycles. The van der Waals surface area contributed by atoms with Gasteiger partial charge < -0.3 is 10.1 Å². The van der Waals surface area contributed by atoms with Crippen LogP contribution in [0.4, 0.5) is 10.1 Å². The predicted octanol–water partition coefficient (Wildman–Crippen LogP) is 3.47. The lowest BCUT2D eigenvalue weighted by atomic mass is 9.97. The quantitative estimate of drug-likeness (QED) is 0.753. The monoisotopic (exact) mass is 394 g/mol. The Hall–Kier alpha value is -2.45. The van der Waals surface area contributed by atoms with Gasteiger partial charge in [-0.15, -0.1) is 0 Å². The molecule has 0 spiro atoms. The molecule has 0 saturated carbocycles. The summed E-state index contributed by atoms with van der Waals surface area (Å²) in [7, 11) is -2.47. The van der Waals surface area contributed by atoms with E-state index in [1.807, 2.05) is 13.8 Å². The normalized spacial score (nSPS) is 12.7. The highest BCUT2D eigenvalue weighted by molar-refractivity contribution is 7.89.